The number of hydrogen-bond acceptors (Lipinski definition) is 4. The zero-order chi connectivity index (χ0) is 18.1. The Morgan fingerprint density at radius 1 is 1.25 bits per heavy atom. The summed E-state index contributed by atoms with van der Waals surface area (Å²) in [7, 11) is 0. The largest absolute Gasteiger partial charge is 0.450 e. The number of nitrogens with zero attached hydrogens (tertiary/aromatic N) is 2. The van der Waals surface area contributed by atoms with Crippen LogP contribution in [0.15, 0.2) is 0 Å². The smallest absolute Gasteiger partial charge is 0.409 e. The monoisotopic (exact) mass is 341 g/mol. The van der Waals surface area contributed by atoms with Crippen molar-refractivity contribution in [1.29, 1.82) is 0 Å². The predicted molar refractivity (Wildman–Crippen MR) is 91.5 cm³/mol. The van der Waals surface area contributed by atoms with E-state index in [2.05, 4.69) is 5.32 Å². The Morgan fingerprint density at radius 3 is 2.38 bits per heavy atom. The Morgan fingerprint density at radius 2 is 1.88 bits per heavy atom. The molecule has 1 rings (SSSR count). The first kappa shape index (κ1) is 20.3. The van der Waals surface area contributed by atoms with Gasteiger partial charge >= 0.3 is 6.09 Å². The molecular weight excluding hydrogens is 310 g/mol. The molecule has 0 aromatic rings. The lowest BCUT2D eigenvalue weighted by atomic mass is 10.0. The van der Waals surface area contributed by atoms with Crippen LogP contribution >= 0.6 is 0 Å². The van der Waals surface area contributed by atoms with E-state index in [1.165, 1.54) is 6.92 Å². The second-order valence-electron chi connectivity index (χ2n) is 6.26. The molecule has 0 aromatic heterocycles. The fourth-order valence-electron chi connectivity index (χ4n) is 2.84. The van der Waals surface area contributed by atoms with Crippen LogP contribution in [0.3, 0.4) is 0 Å². The fraction of sp³-hybridized carbons (Fsp3) is 0.824. The average molecular weight is 341 g/mol. The number of carbonyl (C=O) groups excluding carboxylic acids is 3. The van der Waals surface area contributed by atoms with Crippen LogP contribution in [-0.4, -0.2) is 66.0 Å². The summed E-state index contributed by atoms with van der Waals surface area (Å²) in [6.07, 6.45) is 2.33. The van der Waals surface area contributed by atoms with Crippen molar-refractivity contribution in [2.45, 2.75) is 65.5 Å². The van der Waals surface area contributed by atoms with Crippen LogP contribution in [0.25, 0.3) is 0 Å². The Balaban J connectivity index is 2.48. The van der Waals surface area contributed by atoms with E-state index in [0.717, 1.165) is 6.42 Å². The number of nitrogens with one attached hydrogen (secondary N) is 1. The number of carbonyl (C=O) groups is 3. The molecule has 1 fully saturated rings. The number of hydrogen-bond donors (Lipinski definition) is 1. The third kappa shape index (κ3) is 6.37. The van der Waals surface area contributed by atoms with Crippen LogP contribution in [0.5, 0.6) is 0 Å². The van der Waals surface area contributed by atoms with E-state index in [1.54, 1.807) is 16.7 Å². The quantitative estimate of drug-likeness (QED) is 0.765. The molecule has 1 aliphatic heterocycles. The van der Waals surface area contributed by atoms with Gasteiger partial charge in [-0.15, -0.1) is 0 Å². The molecule has 0 aromatic carbocycles. The number of likely N-dealkylation sites (tertiary alicyclic amines) is 1. The lowest BCUT2D eigenvalue weighted by Gasteiger charge is -2.37. The highest BCUT2D eigenvalue weighted by Crippen LogP contribution is 2.18. The van der Waals surface area contributed by atoms with Gasteiger partial charge in [-0.25, -0.2) is 4.79 Å². The van der Waals surface area contributed by atoms with Gasteiger partial charge in [-0.2, -0.15) is 0 Å². The van der Waals surface area contributed by atoms with Crippen molar-refractivity contribution in [3.8, 4) is 0 Å². The molecule has 0 bridgehead atoms. The second kappa shape index (κ2) is 10.2. The summed E-state index contributed by atoms with van der Waals surface area (Å²) < 4.78 is 5.00. The zero-order valence-corrected chi connectivity index (χ0v) is 15.3. The minimum atomic E-state index is -0.293. The first-order valence-electron chi connectivity index (χ1n) is 8.87. The summed E-state index contributed by atoms with van der Waals surface area (Å²) in [6, 6.07) is 0.223. The Bertz CT molecular complexity index is 434. The summed E-state index contributed by atoms with van der Waals surface area (Å²) >= 11 is 0. The molecule has 138 valence electrons. The molecular formula is C17H31N3O4. The zero-order valence-electron chi connectivity index (χ0n) is 15.3. The van der Waals surface area contributed by atoms with Gasteiger partial charge in [0.05, 0.1) is 6.61 Å². The summed E-state index contributed by atoms with van der Waals surface area (Å²) in [6.45, 7) is 9.23. The van der Waals surface area contributed by atoms with Gasteiger partial charge in [0.2, 0.25) is 11.8 Å². The molecule has 1 unspecified atom stereocenters. The molecule has 1 saturated heterocycles. The van der Waals surface area contributed by atoms with E-state index in [1.807, 2.05) is 13.8 Å². The highest BCUT2D eigenvalue weighted by Gasteiger charge is 2.29. The molecule has 3 amide bonds. The first-order chi connectivity index (χ1) is 11.4. The standard InChI is InChI=1S/C17H31N3O4/c1-5-13(3)18-16(22)9-12-20(14(4)21)15-7-10-19(11-8-15)17(23)24-6-2/h13,15H,5-12H2,1-4H3,(H,18,22). The Labute approximate surface area is 144 Å². The summed E-state index contributed by atoms with van der Waals surface area (Å²) in [5, 5.41) is 2.92. The maximum Gasteiger partial charge on any atom is 0.409 e. The van der Waals surface area contributed by atoms with Crippen molar-refractivity contribution in [2.24, 2.45) is 0 Å². The molecule has 7 heteroatoms. The van der Waals surface area contributed by atoms with Crippen LogP contribution in [-0.2, 0) is 14.3 Å². The molecule has 1 heterocycles. The van der Waals surface area contributed by atoms with E-state index in [9.17, 15) is 14.4 Å². The minimum Gasteiger partial charge on any atom is -0.450 e. The summed E-state index contributed by atoms with van der Waals surface area (Å²) in [4.78, 5) is 39.0. The highest BCUT2D eigenvalue weighted by molar-refractivity contribution is 5.78. The number of ether oxygens (including phenoxy) is 1. The van der Waals surface area contributed by atoms with Crippen LogP contribution in [0, 0.1) is 0 Å². The molecule has 1 N–H and O–H groups in total. The van der Waals surface area contributed by atoms with Crippen molar-refractivity contribution in [1.82, 2.24) is 15.1 Å². The fourth-order valence-corrected chi connectivity index (χ4v) is 2.84. The van der Waals surface area contributed by atoms with Gasteiger partial charge in [-0.1, -0.05) is 6.92 Å². The van der Waals surface area contributed by atoms with Crippen molar-refractivity contribution in [3.05, 3.63) is 0 Å². The molecule has 0 aliphatic carbocycles. The van der Waals surface area contributed by atoms with E-state index in [0.29, 0.717) is 45.5 Å². The number of amides is 3. The molecule has 24 heavy (non-hydrogen) atoms. The third-order valence-electron chi connectivity index (χ3n) is 4.44. The van der Waals surface area contributed by atoms with E-state index in [4.69, 9.17) is 4.74 Å². The average Bonchev–Trinajstić information content (AvgIpc) is 2.55. The maximum atomic E-state index is 11.9. The Kier molecular flexibility index (Phi) is 8.57. The summed E-state index contributed by atoms with van der Waals surface area (Å²) in [5.41, 5.74) is 0. The van der Waals surface area contributed by atoms with E-state index in [-0.39, 0.29) is 30.0 Å². The molecule has 0 saturated carbocycles. The second-order valence-corrected chi connectivity index (χ2v) is 6.26. The summed E-state index contributed by atoms with van der Waals surface area (Å²) in [5.74, 6) is -0.0551. The molecule has 7 nitrogen and oxygen atoms in total. The van der Waals surface area contributed by atoms with Gasteiger partial charge in [0.1, 0.15) is 0 Å². The predicted octanol–water partition coefficient (Wildman–Crippen LogP) is 1.76. The maximum absolute atomic E-state index is 11.9. The first-order valence-corrected chi connectivity index (χ1v) is 8.87. The van der Waals surface area contributed by atoms with Crippen molar-refractivity contribution in [3.63, 3.8) is 0 Å². The van der Waals surface area contributed by atoms with Gasteiger partial charge < -0.3 is 19.9 Å². The van der Waals surface area contributed by atoms with Crippen LogP contribution < -0.4 is 5.32 Å². The van der Waals surface area contributed by atoms with Crippen molar-refractivity contribution in [2.75, 3.05) is 26.2 Å². The third-order valence-corrected chi connectivity index (χ3v) is 4.44. The van der Waals surface area contributed by atoms with Gasteiger partial charge in [0.25, 0.3) is 0 Å². The SMILES string of the molecule is CCOC(=O)N1CCC(N(CCC(=O)NC(C)CC)C(C)=O)CC1. The molecule has 1 atom stereocenters. The van der Waals surface area contributed by atoms with Gasteiger partial charge in [0.15, 0.2) is 0 Å². The molecule has 0 spiro atoms. The number of rotatable bonds is 7. The van der Waals surface area contributed by atoms with Crippen LogP contribution in [0.1, 0.15) is 53.4 Å². The molecule has 1 aliphatic rings. The lowest BCUT2D eigenvalue weighted by molar-refractivity contribution is -0.132. The van der Waals surface area contributed by atoms with E-state index >= 15 is 0 Å². The van der Waals surface area contributed by atoms with E-state index < -0.39 is 0 Å². The van der Waals surface area contributed by atoms with Gasteiger partial charge in [-0.3, -0.25) is 9.59 Å². The topological polar surface area (TPSA) is 79.0 Å². The van der Waals surface area contributed by atoms with Crippen LogP contribution in [0.4, 0.5) is 4.79 Å². The van der Waals surface area contributed by atoms with Gasteiger partial charge in [0, 0.05) is 45.1 Å². The Hall–Kier alpha value is -1.79. The van der Waals surface area contributed by atoms with Gasteiger partial charge in [-0.05, 0) is 33.1 Å². The van der Waals surface area contributed by atoms with Crippen LogP contribution in [0.2, 0.25) is 0 Å². The van der Waals surface area contributed by atoms with Crippen molar-refractivity contribution < 1.29 is 19.1 Å². The van der Waals surface area contributed by atoms with Crippen molar-refractivity contribution >= 4 is 17.9 Å². The normalized spacial score (nSPS) is 16.4. The minimum absolute atomic E-state index is 0.0269. The molecule has 0 radical (unpaired) electrons. The lowest BCUT2D eigenvalue weighted by Crippen LogP contribution is -2.49. The number of piperidine rings is 1. The highest BCUT2D eigenvalue weighted by atomic mass is 16.6.